The Bertz CT molecular complexity index is 1500. The van der Waals surface area contributed by atoms with Crippen LogP contribution in [0.5, 0.6) is 17.5 Å². The summed E-state index contributed by atoms with van der Waals surface area (Å²) in [5.41, 5.74) is 3.98. The molecule has 9 nitrogen and oxygen atoms in total. The van der Waals surface area contributed by atoms with Crippen LogP contribution in [-0.4, -0.2) is 35.5 Å². The number of rotatable bonds is 7. The molecule has 2 aromatic carbocycles. The summed E-state index contributed by atoms with van der Waals surface area (Å²) in [6.45, 7) is 6.14. The number of nitrogens with zero attached hydrogens (tertiary/aromatic N) is 4. The molecule has 0 radical (unpaired) electrons. The molecule has 5 aromatic rings. The van der Waals surface area contributed by atoms with Crippen LogP contribution >= 0.6 is 0 Å². The fraction of sp³-hybridized carbons (Fsp3) is 0.269. The van der Waals surface area contributed by atoms with Crippen molar-refractivity contribution in [2.45, 2.75) is 26.8 Å². The molecule has 180 valence electrons. The van der Waals surface area contributed by atoms with Crippen LogP contribution in [0.15, 0.2) is 53.2 Å². The maximum Gasteiger partial charge on any atom is 0.303 e. The van der Waals surface area contributed by atoms with E-state index in [2.05, 4.69) is 10.1 Å². The highest BCUT2D eigenvalue weighted by Crippen LogP contribution is 2.40. The van der Waals surface area contributed by atoms with Crippen LogP contribution in [0.25, 0.3) is 33.1 Å². The zero-order valence-electron chi connectivity index (χ0n) is 20.2. The molecule has 0 saturated carbocycles. The van der Waals surface area contributed by atoms with Crippen LogP contribution in [0, 0.1) is 19.1 Å². The Morgan fingerprint density at radius 1 is 1.14 bits per heavy atom. The van der Waals surface area contributed by atoms with E-state index in [-0.39, 0.29) is 6.04 Å². The van der Waals surface area contributed by atoms with Gasteiger partial charge in [-0.15, -0.1) is 0 Å². The second-order valence-electron chi connectivity index (χ2n) is 8.44. The van der Waals surface area contributed by atoms with E-state index in [9.17, 15) is 5.21 Å². The predicted octanol–water partition coefficient (Wildman–Crippen LogP) is 5.10. The van der Waals surface area contributed by atoms with E-state index >= 15 is 0 Å². The maximum absolute atomic E-state index is 13.2. The van der Waals surface area contributed by atoms with Gasteiger partial charge < -0.3 is 23.9 Å². The summed E-state index contributed by atoms with van der Waals surface area (Å²) in [4.78, 5) is 4.68. The maximum atomic E-state index is 13.2. The third kappa shape index (κ3) is 3.83. The molecule has 0 bridgehead atoms. The van der Waals surface area contributed by atoms with E-state index in [0.29, 0.717) is 46.3 Å². The summed E-state index contributed by atoms with van der Waals surface area (Å²) < 4.78 is 25.5. The second kappa shape index (κ2) is 8.92. The number of imidazole rings is 1. The Balaban J connectivity index is 1.82. The first-order valence-electron chi connectivity index (χ1n) is 11.2. The van der Waals surface area contributed by atoms with Gasteiger partial charge in [0.25, 0.3) is 0 Å². The van der Waals surface area contributed by atoms with Gasteiger partial charge in [0, 0.05) is 18.7 Å². The molecule has 0 aliphatic rings. The van der Waals surface area contributed by atoms with Crippen molar-refractivity contribution >= 4 is 21.9 Å². The highest BCUT2D eigenvalue weighted by Gasteiger charge is 2.26. The lowest BCUT2D eigenvalue weighted by Gasteiger charge is -2.18. The van der Waals surface area contributed by atoms with Crippen molar-refractivity contribution in [1.82, 2.24) is 14.7 Å². The van der Waals surface area contributed by atoms with E-state index in [0.717, 1.165) is 27.1 Å². The molecule has 35 heavy (non-hydrogen) atoms. The highest BCUT2D eigenvalue weighted by molar-refractivity contribution is 6.03. The summed E-state index contributed by atoms with van der Waals surface area (Å²) in [6.07, 6.45) is 1.47. The van der Waals surface area contributed by atoms with Gasteiger partial charge >= 0.3 is 6.01 Å². The van der Waals surface area contributed by atoms with Crippen molar-refractivity contribution < 1.29 is 23.5 Å². The Kier molecular flexibility index (Phi) is 5.78. The van der Waals surface area contributed by atoms with Crippen LogP contribution in [0.1, 0.15) is 24.4 Å². The fourth-order valence-electron chi connectivity index (χ4n) is 4.53. The van der Waals surface area contributed by atoms with Gasteiger partial charge in [0.1, 0.15) is 17.3 Å². The Labute approximate surface area is 202 Å². The monoisotopic (exact) mass is 474 g/mol. The zero-order chi connectivity index (χ0) is 24.7. The number of aryl methyl sites for hydroxylation is 2. The Hall–Kier alpha value is -4.11. The van der Waals surface area contributed by atoms with E-state index in [1.165, 1.54) is 6.20 Å². The van der Waals surface area contributed by atoms with Crippen LogP contribution in [0.3, 0.4) is 0 Å². The minimum Gasteiger partial charge on any atom is -0.618 e. The molecule has 1 atom stereocenters. The molecule has 3 aromatic heterocycles. The van der Waals surface area contributed by atoms with E-state index < -0.39 is 0 Å². The number of aromatic nitrogens is 4. The lowest BCUT2D eigenvalue weighted by Crippen LogP contribution is -2.26. The minimum absolute atomic E-state index is 0.123. The van der Waals surface area contributed by atoms with Crippen molar-refractivity contribution in [1.29, 1.82) is 0 Å². The molecule has 0 N–H and O–H groups in total. The largest absolute Gasteiger partial charge is 0.618 e. The number of ether oxygens (including phenoxy) is 3. The third-order valence-electron chi connectivity index (χ3n) is 6.06. The smallest absolute Gasteiger partial charge is 0.303 e. The van der Waals surface area contributed by atoms with Crippen LogP contribution in [0.4, 0.5) is 0 Å². The van der Waals surface area contributed by atoms with Crippen LogP contribution < -0.4 is 14.2 Å². The molecule has 0 amide bonds. The van der Waals surface area contributed by atoms with Crippen molar-refractivity contribution in [2.24, 2.45) is 0 Å². The van der Waals surface area contributed by atoms with Gasteiger partial charge in [-0.1, -0.05) is 23.4 Å². The Morgan fingerprint density at radius 3 is 2.57 bits per heavy atom. The van der Waals surface area contributed by atoms with Crippen LogP contribution in [-0.2, 0) is 4.74 Å². The number of fused-ring (bicyclic) bond motifs is 3. The second-order valence-corrected chi connectivity index (χ2v) is 8.44. The zero-order valence-corrected chi connectivity index (χ0v) is 20.2. The molecule has 3 heterocycles. The lowest BCUT2D eigenvalue weighted by molar-refractivity contribution is -0.575. The molecule has 0 saturated heterocycles. The summed E-state index contributed by atoms with van der Waals surface area (Å²) >= 11 is 0. The standard InChI is InChI=1S/C26H26N4O5/c1-15(14-32-4)30-25-19-12-23(33-5)20(24-16(2)28-35-17(24)3)11-22(19)29(31)13-21(25)27-26(30)34-18-9-7-6-8-10-18/h6-13,15H,14H2,1-5H3/t15-/m1/s1. The minimum atomic E-state index is -0.123. The molecule has 0 spiro atoms. The number of para-hydroxylation sites is 1. The predicted molar refractivity (Wildman–Crippen MR) is 131 cm³/mol. The van der Waals surface area contributed by atoms with Gasteiger partial charge in [-0.05, 0) is 39.0 Å². The van der Waals surface area contributed by atoms with E-state index in [1.807, 2.05) is 67.8 Å². The SMILES string of the molecule is COC[C@@H](C)n1c(Oc2ccccc2)nc2c[n+]([O-])c3cc(-c4c(C)noc4C)c(OC)cc3c21. The van der Waals surface area contributed by atoms with Crippen molar-refractivity contribution in [3.63, 3.8) is 0 Å². The van der Waals surface area contributed by atoms with Gasteiger partial charge in [0.05, 0.1) is 41.9 Å². The first-order chi connectivity index (χ1) is 16.9. The average Bonchev–Trinajstić information content (AvgIpc) is 3.37. The number of methoxy groups -OCH3 is 2. The molecule has 0 fully saturated rings. The Morgan fingerprint density at radius 2 is 1.91 bits per heavy atom. The quantitative estimate of drug-likeness (QED) is 0.239. The molecule has 0 aliphatic carbocycles. The van der Waals surface area contributed by atoms with E-state index in [4.69, 9.17) is 18.7 Å². The number of hydrogen-bond acceptors (Lipinski definition) is 7. The molecule has 0 unspecified atom stereocenters. The highest BCUT2D eigenvalue weighted by atomic mass is 16.5. The number of hydrogen-bond donors (Lipinski definition) is 0. The topological polar surface area (TPSA) is 98.5 Å². The first kappa shape index (κ1) is 22.7. The van der Waals surface area contributed by atoms with Crippen LogP contribution in [0.2, 0.25) is 0 Å². The average molecular weight is 475 g/mol. The van der Waals surface area contributed by atoms with Gasteiger partial charge in [0.15, 0.2) is 5.52 Å². The van der Waals surface area contributed by atoms with Gasteiger partial charge in [0.2, 0.25) is 11.7 Å². The van der Waals surface area contributed by atoms with Gasteiger partial charge in [-0.25, -0.2) is 0 Å². The number of benzene rings is 2. The summed E-state index contributed by atoms with van der Waals surface area (Å²) in [6, 6.07) is 13.3. The van der Waals surface area contributed by atoms with Crippen molar-refractivity contribution in [3.8, 4) is 28.6 Å². The summed E-state index contributed by atoms with van der Waals surface area (Å²) in [5, 5.41) is 17.9. The fourth-order valence-corrected chi connectivity index (χ4v) is 4.53. The lowest BCUT2D eigenvalue weighted by atomic mass is 10.0. The summed E-state index contributed by atoms with van der Waals surface area (Å²) in [5.74, 6) is 1.89. The first-order valence-corrected chi connectivity index (χ1v) is 11.2. The molecule has 9 heteroatoms. The molecular weight excluding hydrogens is 448 g/mol. The molecule has 0 aliphatic heterocycles. The molecule has 5 rings (SSSR count). The van der Waals surface area contributed by atoms with Crippen molar-refractivity contribution in [2.75, 3.05) is 20.8 Å². The summed E-state index contributed by atoms with van der Waals surface area (Å²) in [7, 11) is 3.25. The van der Waals surface area contributed by atoms with Crippen molar-refractivity contribution in [3.05, 3.63) is 65.3 Å². The normalized spacial score (nSPS) is 12.4. The number of pyridine rings is 1. The van der Waals surface area contributed by atoms with E-state index in [1.54, 1.807) is 14.2 Å². The third-order valence-corrected chi connectivity index (χ3v) is 6.06. The molecular formula is C26H26N4O5. The van der Waals surface area contributed by atoms with Gasteiger partial charge in [-0.3, -0.25) is 4.57 Å². The van der Waals surface area contributed by atoms with Gasteiger partial charge in [-0.2, -0.15) is 9.71 Å².